The van der Waals surface area contributed by atoms with E-state index in [1.54, 1.807) is 18.2 Å². The molecule has 0 amide bonds. The van der Waals surface area contributed by atoms with E-state index in [9.17, 15) is 4.39 Å². The summed E-state index contributed by atoms with van der Waals surface area (Å²) in [6.45, 7) is 2.32. The fourth-order valence-electron chi connectivity index (χ4n) is 1.12. The highest BCUT2D eigenvalue weighted by Crippen LogP contribution is 2.19. The van der Waals surface area contributed by atoms with Gasteiger partial charge in [-0.15, -0.1) is 5.92 Å². The largest absolute Gasteiger partial charge is 0.478 e. The van der Waals surface area contributed by atoms with E-state index in [4.69, 9.17) is 10.5 Å². The summed E-state index contributed by atoms with van der Waals surface area (Å²) in [4.78, 5) is 0. The van der Waals surface area contributed by atoms with E-state index in [0.717, 1.165) is 6.42 Å². The van der Waals surface area contributed by atoms with Gasteiger partial charge in [0.05, 0.1) is 0 Å². The van der Waals surface area contributed by atoms with E-state index in [2.05, 4.69) is 11.8 Å². The van der Waals surface area contributed by atoms with Gasteiger partial charge >= 0.3 is 0 Å². The molecular formula is C12H14FNO. The Kier molecular flexibility index (Phi) is 4.65. The Morgan fingerprint density at radius 3 is 2.87 bits per heavy atom. The van der Waals surface area contributed by atoms with Gasteiger partial charge < -0.3 is 10.5 Å². The van der Waals surface area contributed by atoms with Crippen LogP contribution in [0.4, 0.5) is 4.39 Å². The molecule has 0 heterocycles. The number of rotatable bonds is 3. The average molecular weight is 207 g/mol. The standard InChI is InChI=1S/C12H14FNO/c1-2-3-4-8-15-11-7-5-6-10(9-14)12(11)13/h5-7H,2,8-9,14H2,1H3. The van der Waals surface area contributed by atoms with Crippen molar-refractivity contribution in [3.05, 3.63) is 29.6 Å². The Morgan fingerprint density at radius 2 is 2.20 bits per heavy atom. The van der Waals surface area contributed by atoms with E-state index in [1.165, 1.54) is 0 Å². The number of hydrogen-bond donors (Lipinski definition) is 1. The predicted octanol–water partition coefficient (Wildman–Crippen LogP) is 2.08. The lowest BCUT2D eigenvalue weighted by Gasteiger charge is -2.06. The minimum Gasteiger partial charge on any atom is -0.478 e. The first-order valence-corrected chi connectivity index (χ1v) is 4.85. The van der Waals surface area contributed by atoms with Gasteiger partial charge in [0, 0.05) is 18.5 Å². The van der Waals surface area contributed by atoms with Gasteiger partial charge in [-0.1, -0.05) is 25.0 Å². The van der Waals surface area contributed by atoms with Crippen molar-refractivity contribution in [3.63, 3.8) is 0 Å². The van der Waals surface area contributed by atoms with Gasteiger partial charge in [-0.2, -0.15) is 0 Å². The van der Waals surface area contributed by atoms with Crippen molar-refractivity contribution >= 4 is 0 Å². The van der Waals surface area contributed by atoms with E-state index in [1.807, 2.05) is 6.92 Å². The summed E-state index contributed by atoms with van der Waals surface area (Å²) >= 11 is 0. The number of ether oxygens (including phenoxy) is 1. The van der Waals surface area contributed by atoms with Crippen LogP contribution in [0, 0.1) is 17.7 Å². The van der Waals surface area contributed by atoms with Gasteiger partial charge in [0.1, 0.15) is 6.61 Å². The molecule has 0 unspecified atom stereocenters. The maximum absolute atomic E-state index is 13.5. The summed E-state index contributed by atoms with van der Waals surface area (Å²) < 4.78 is 18.7. The van der Waals surface area contributed by atoms with Crippen molar-refractivity contribution in [2.24, 2.45) is 5.73 Å². The van der Waals surface area contributed by atoms with Crippen molar-refractivity contribution in [2.45, 2.75) is 19.9 Å². The Balaban J connectivity index is 2.69. The van der Waals surface area contributed by atoms with Crippen LogP contribution >= 0.6 is 0 Å². The molecular weight excluding hydrogens is 193 g/mol. The second kappa shape index (κ2) is 6.05. The summed E-state index contributed by atoms with van der Waals surface area (Å²) in [6, 6.07) is 4.93. The molecule has 0 radical (unpaired) electrons. The lowest BCUT2D eigenvalue weighted by atomic mass is 10.2. The Bertz CT molecular complexity index is 379. The molecule has 3 heteroatoms. The number of nitrogens with two attached hydrogens (primary N) is 1. The summed E-state index contributed by atoms with van der Waals surface area (Å²) in [5.74, 6) is 5.44. The van der Waals surface area contributed by atoms with Gasteiger partial charge in [0.2, 0.25) is 0 Å². The zero-order valence-corrected chi connectivity index (χ0v) is 8.72. The quantitative estimate of drug-likeness (QED) is 0.770. The molecule has 2 nitrogen and oxygen atoms in total. The van der Waals surface area contributed by atoms with E-state index in [-0.39, 0.29) is 18.9 Å². The predicted molar refractivity (Wildman–Crippen MR) is 57.9 cm³/mol. The fraction of sp³-hybridized carbons (Fsp3) is 0.333. The van der Waals surface area contributed by atoms with E-state index in [0.29, 0.717) is 5.56 Å². The van der Waals surface area contributed by atoms with E-state index < -0.39 is 5.82 Å². The monoisotopic (exact) mass is 207 g/mol. The molecule has 0 aliphatic heterocycles. The Morgan fingerprint density at radius 1 is 1.40 bits per heavy atom. The molecule has 0 spiro atoms. The van der Waals surface area contributed by atoms with Crippen LogP contribution in [0.15, 0.2) is 18.2 Å². The van der Waals surface area contributed by atoms with Crippen LogP contribution in [-0.4, -0.2) is 6.61 Å². The fourth-order valence-corrected chi connectivity index (χ4v) is 1.12. The molecule has 1 aromatic rings. The van der Waals surface area contributed by atoms with Crippen LogP contribution in [-0.2, 0) is 6.54 Å². The van der Waals surface area contributed by atoms with Gasteiger partial charge in [-0.05, 0) is 6.07 Å². The number of halogens is 1. The van der Waals surface area contributed by atoms with Gasteiger partial charge in [0.25, 0.3) is 0 Å². The summed E-state index contributed by atoms with van der Waals surface area (Å²) in [5, 5.41) is 0. The van der Waals surface area contributed by atoms with Gasteiger partial charge in [-0.3, -0.25) is 0 Å². The molecule has 2 N–H and O–H groups in total. The molecule has 0 aromatic heterocycles. The number of hydrogen-bond acceptors (Lipinski definition) is 2. The molecule has 0 aliphatic rings. The summed E-state index contributed by atoms with van der Waals surface area (Å²) in [7, 11) is 0. The zero-order valence-electron chi connectivity index (χ0n) is 8.72. The van der Waals surface area contributed by atoms with Crippen molar-refractivity contribution in [1.29, 1.82) is 0 Å². The van der Waals surface area contributed by atoms with Gasteiger partial charge in [-0.25, -0.2) is 4.39 Å². The highest BCUT2D eigenvalue weighted by molar-refractivity contribution is 5.31. The number of benzene rings is 1. The third kappa shape index (κ3) is 3.26. The average Bonchev–Trinajstić information content (AvgIpc) is 2.26. The first kappa shape index (κ1) is 11.5. The third-order valence-electron chi connectivity index (χ3n) is 1.86. The normalized spacial score (nSPS) is 9.27. The second-order valence-corrected chi connectivity index (χ2v) is 2.93. The molecule has 15 heavy (non-hydrogen) atoms. The van der Waals surface area contributed by atoms with Crippen LogP contribution in [0.5, 0.6) is 5.75 Å². The first-order valence-electron chi connectivity index (χ1n) is 4.85. The van der Waals surface area contributed by atoms with Crippen LogP contribution in [0.3, 0.4) is 0 Å². The highest BCUT2D eigenvalue weighted by atomic mass is 19.1. The maximum Gasteiger partial charge on any atom is 0.169 e. The van der Waals surface area contributed by atoms with Crippen LogP contribution in [0.1, 0.15) is 18.9 Å². The van der Waals surface area contributed by atoms with Crippen LogP contribution in [0.2, 0.25) is 0 Å². The van der Waals surface area contributed by atoms with Crippen molar-refractivity contribution in [2.75, 3.05) is 6.61 Å². The smallest absolute Gasteiger partial charge is 0.169 e. The molecule has 0 saturated heterocycles. The topological polar surface area (TPSA) is 35.2 Å². The SMILES string of the molecule is CCC#CCOc1cccc(CN)c1F. The first-order chi connectivity index (χ1) is 7.29. The molecule has 0 bridgehead atoms. The molecule has 0 atom stereocenters. The maximum atomic E-state index is 13.5. The second-order valence-electron chi connectivity index (χ2n) is 2.93. The molecule has 0 saturated carbocycles. The van der Waals surface area contributed by atoms with Gasteiger partial charge in [0.15, 0.2) is 11.6 Å². The molecule has 80 valence electrons. The molecule has 1 aromatic carbocycles. The van der Waals surface area contributed by atoms with Crippen molar-refractivity contribution in [1.82, 2.24) is 0 Å². The minimum absolute atomic E-state index is 0.170. The minimum atomic E-state index is -0.390. The van der Waals surface area contributed by atoms with Crippen molar-refractivity contribution < 1.29 is 9.13 Å². The van der Waals surface area contributed by atoms with E-state index >= 15 is 0 Å². The lowest BCUT2D eigenvalue weighted by molar-refractivity contribution is 0.346. The lowest BCUT2D eigenvalue weighted by Crippen LogP contribution is -2.03. The molecule has 0 aliphatic carbocycles. The highest BCUT2D eigenvalue weighted by Gasteiger charge is 2.06. The van der Waals surface area contributed by atoms with Crippen LogP contribution < -0.4 is 10.5 Å². The van der Waals surface area contributed by atoms with Crippen molar-refractivity contribution in [3.8, 4) is 17.6 Å². The summed E-state index contributed by atoms with van der Waals surface area (Å²) in [5.41, 5.74) is 5.83. The van der Waals surface area contributed by atoms with Crippen LogP contribution in [0.25, 0.3) is 0 Å². The Hall–Kier alpha value is -1.53. The molecule has 0 fully saturated rings. The Labute approximate surface area is 89.2 Å². The zero-order chi connectivity index (χ0) is 11.1. The summed E-state index contributed by atoms with van der Waals surface area (Å²) in [6.07, 6.45) is 0.773. The molecule has 1 rings (SSSR count). The third-order valence-corrected chi connectivity index (χ3v) is 1.86.